The number of hydrogen-bond acceptors (Lipinski definition) is 2. The number of halogens is 1. The van der Waals surface area contributed by atoms with Gasteiger partial charge in [0.05, 0.1) is 0 Å². The van der Waals surface area contributed by atoms with E-state index < -0.39 is 6.17 Å². The minimum atomic E-state index is -0.691. The molecule has 2 unspecified atom stereocenters. The number of rotatable bonds is 1. The van der Waals surface area contributed by atoms with E-state index in [4.69, 9.17) is 0 Å². The summed E-state index contributed by atoms with van der Waals surface area (Å²) in [6.45, 7) is 5.58. The Hall–Kier alpha value is -0.150. The van der Waals surface area contributed by atoms with Gasteiger partial charge in [-0.25, -0.2) is 4.39 Å². The quantitative estimate of drug-likeness (QED) is 0.647. The number of nitrogens with one attached hydrogen (secondary N) is 1. The molecular formula is C9H21FN2. The number of nitrogens with zero attached hydrogens (tertiary/aromatic N) is 1. The van der Waals surface area contributed by atoms with E-state index in [1.165, 1.54) is 0 Å². The fourth-order valence-electron chi connectivity index (χ4n) is 1.38. The van der Waals surface area contributed by atoms with Gasteiger partial charge in [-0.3, -0.25) is 0 Å². The van der Waals surface area contributed by atoms with E-state index in [2.05, 4.69) is 5.32 Å². The van der Waals surface area contributed by atoms with E-state index in [-0.39, 0.29) is 6.04 Å². The van der Waals surface area contributed by atoms with Crippen LogP contribution in [0.1, 0.15) is 20.3 Å². The molecule has 0 aromatic heterocycles. The number of alkyl halides is 1. The van der Waals surface area contributed by atoms with Gasteiger partial charge in [0, 0.05) is 12.6 Å². The normalized spacial score (nSPS) is 30.8. The fraction of sp³-hybridized carbons (Fsp3) is 1.00. The number of likely N-dealkylation sites (tertiary alicyclic amines) is 1. The maximum Gasteiger partial charge on any atom is 0.128 e. The van der Waals surface area contributed by atoms with E-state index in [0.717, 1.165) is 13.0 Å². The van der Waals surface area contributed by atoms with Crippen LogP contribution in [-0.4, -0.2) is 44.3 Å². The lowest BCUT2D eigenvalue weighted by Gasteiger charge is -2.31. The zero-order valence-electron chi connectivity index (χ0n) is 8.60. The van der Waals surface area contributed by atoms with Crippen molar-refractivity contribution < 1.29 is 4.39 Å². The maximum atomic E-state index is 13.0. The monoisotopic (exact) mass is 176 g/mol. The predicted molar refractivity (Wildman–Crippen MR) is 51.2 cm³/mol. The minimum absolute atomic E-state index is 0.0798. The highest BCUT2D eigenvalue weighted by Gasteiger charge is 2.25. The summed E-state index contributed by atoms with van der Waals surface area (Å²) in [7, 11) is 3.78. The molecule has 2 nitrogen and oxygen atoms in total. The van der Waals surface area contributed by atoms with Crippen LogP contribution < -0.4 is 5.32 Å². The van der Waals surface area contributed by atoms with Gasteiger partial charge in [-0.05, 0) is 27.1 Å². The highest BCUT2D eigenvalue weighted by atomic mass is 19.1. The molecule has 0 spiro atoms. The molecule has 1 rings (SSSR count). The Labute approximate surface area is 75.1 Å². The second-order valence-corrected chi connectivity index (χ2v) is 2.96. The van der Waals surface area contributed by atoms with E-state index >= 15 is 0 Å². The topological polar surface area (TPSA) is 15.3 Å². The molecule has 74 valence electrons. The van der Waals surface area contributed by atoms with Gasteiger partial charge in [0.15, 0.2) is 0 Å². The zero-order valence-corrected chi connectivity index (χ0v) is 8.60. The first-order valence-electron chi connectivity index (χ1n) is 4.74. The lowest BCUT2D eigenvalue weighted by molar-refractivity contribution is 0.127. The van der Waals surface area contributed by atoms with Crippen molar-refractivity contribution >= 4 is 0 Å². The predicted octanol–water partition coefficient (Wildman–Crippen LogP) is 1.27. The Morgan fingerprint density at radius 3 is 2.42 bits per heavy atom. The lowest BCUT2D eigenvalue weighted by Crippen LogP contribution is -2.48. The third kappa shape index (κ3) is 3.50. The van der Waals surface area contributed by atoms with E-state index in [1.54, 1.807) is 0 Å². The number of piperidine rings is 1. The van der Waals surface area contributed by atoms with Crippen LogP contribution in [0.15, 0.2) is 0 Å². The molecule has 0 aromatic rings. The average molecular weight is 176 g/mol. The SMILES string of the molecule is CC.CNC1CCN(C)CC1F. The minimum Gasteiger partial charge on any atom is -0.314 e. The fourth-order valence-corrected chi connectivity index (χ4v) is 1.38. The first-order valence-corrected chi connectivity index (χ1v) is 4.74. The van der Waals surface area contributed by atoms with Gasteiger partial charge < -0.3 is 10.2 Å². The smallest absolute Gasteiger partial charge is 0.128 e. The highest BCUT2D eigenvalue weighted by Crippen LogP contribution is 2.11. The molecule has 0 aliphatic carbocycles. The molecule has 1 N–H and O–H groups in total. The molecule has 0 amide bonds. The lowest BCUT2D eigenvalue weighted by atomic mass is 10.0. The van der Waals surface area contributed by atoms with Crippen LogP contribution in [0.25, 0.3) is 0 Å². The van der Waals surface area contributed by atoms with Crippen molar-refractivity contribution in [3.05, 3.63) is 0 Å². The van der Waals surface area contributed by atoms with Crippen LogP contribution in [0.5, 0.6) is 0 Å². The van der Waals surface area contributed by atoms with Gasteiger partial charge in [-0.15, -0.1) is 0 Å². The molecule has 1 heterocycles. The van der Waals surface area contributed by atoms with Crippen molar-refractivity contribution in [2.24, 2.45) is 0 Å². The summed E-state index contributed by atoms with van der Waals surface area (Å²) in [6, 6.07) is 0.0798. The Bertz CT molecular complexity index is 109. The molecule has 3 heteroatoms. The van der Waals surface area contributed by atoms with Crippen LogP contribution in [0.2, 0.25) is 0 Å². The van der Waals surface area contributed by atoms with Crippen molar-refractivity contribution in [2.75, 3.05) is 27.2 Å². The second kappa shape index (κ2) is 6.38. The zero-order chi connectivity index (χ0) is 9.56. The van der Waals surface area contributed by atoms with Gasteiger partial charge in [0.2, 0.25) is 0 Å². The molecule has 0 aromatic carbocycles. The first kappa shape index (κ1) is 11.8. The number of hydrogen-bond donors (Lipinski definition) is 1. The standard InChI is InChI=1S/C7H15FN2.C2H6/c1-9-7-3-4-10(2)5-6(7)8;1-2/h6-7,9H,3-5H2,1-2H3;1-2H3. The van der Waals surface area contributed by atoms with Crippen LogP contribution in [0.3, 0.4) is 0 Å². The van der Waals surface area contributed by atoms with Crippen molar-refractivity contribution in [3.63, 3.8) is 0 Å². The van der Waals surface area contributed by atoms with Crippen molar-refractivity contribution in [2.45, 2.75) is 32.5 Å². The van der Waals surface area contributed by atoms with Gasteiger partial charge in [-0.1, -0.05) is 13.8 Å². The summed E-state index contributed by atoms with van der Waals surface area (Å²) in [5.41, 5.74) is 0. The maximum absolute atomic E-state index is 13.0. The van der Waals surface area contributed by atoms with Crippen LogP contribution in [0.4, 0.5) is 4.39 Å². The van der Waals surface area contributed by atoms with Gasteiger partial charge in [0.25, 0.3) is 0 Å². The Balaban J connectivity index is 0.000000561. The van der Waals surface area contributed by atoms with Crippen LogP contribution >= 0.6 is 0 Å². The Kier molecular flexibility index (Phi) is 6.30. The third-order valence-corrected chi connectivity index (χ3v) is 2.12. The largest absolute Gasteiger partial charge is 0.314 e. The van der Waals surface area contributed by atoms with E-state index in [9.17, 15) is 4.39 Å². The van der Waals surface area contributed by atoms with Crippen LogP contribution in [0, 0.1) is 0 Å². The van der Waals surface area contributed by atoms with Gasteiger partial charge in [-0.2, -0.15) is 0 Å². The molecule has 0 saturated carbocycles. The molecule has 2 atom stereocenters. The molecule has 0 radical (unpaired) electrons. The molecule has 1 aliphatic rings. The highest BCUT2D eigenvalue weighted by molar-refractivity contribution is 4.82. The third-order valence-electron chi connectivity index (χ3n) is 2.12. The Morgan fingerprint density at radius 1 is 1.42 bits per heavy atom. The molecule has 12 heavy (non-hydrogen) atoms. The summed E-state index contributed by atoms with van der Waals surface area (Å²) in [5.74, 6) is 0. The summed E-state index contributed by atoms with van der Waals surface area (Å²) in [4.78, 5) is 2.03. The second-order valence-electron chi connectivity index (χ2n) is 2.96. The summed E-state index contributed by atoms with van der Waals surface area (Å²) < 4.78 is 13.0. The van der Waals surface area contributed by atoms with Crippen molar-refractivity contribution in [1.82, 2.24) is 10.2 Å². The molecular weight excluding hydrogens is 155 g/mol. The Morgan fingerprint density at radius 2 is 2.00 bits per heavy atom. The summed E-state index contributed by atoms with van der Waals surface area (Å²) >= 11 is 0. The molecule has 1 saturated heterocycles. The van der Waals surface area contributed by atoms with Gasteiger partial charge in [0.1, 0.15) is 6.17 Å². The molecule has 1 aliphatic heterocycles. The van der Waals surface area contributed by atoms with Gasteiger partial charge >= 0.3 is 0 Å². The van der Waals surface area contributed by atoms with E-state index in [0.29, 0.717) is 6.54 Å². The van der Waals surface area contributed by atoms with Crippen molar-refractivity contribution in [1.29, 1.82) is 0 Å². The average Bonchev–Trinajstić information content (AvgIpc) is 2.08. The molecule has 0 bridgehead atoms. The van der Waals surface area contributed by atoms with Crippen LogP contribution in [-0.2, 0) is 0 Å². The molecule has 1 fully saturated rings. The summed E-state index contributed by atoms with van der Waals surface area (Å²) in [5, 5.41) is 2.97. The first-order chi connectivity index (χ1) is 5.74. The summed E-state index contributed by atoms with van der Waals surface area (Å²) in [6.07, 6.45) is 0.234. The van der Waals surface area contributed by atoms with Crippen molar-refractivity contribution in [3.8, 4) is 0 Å². The van der Waals surface area contributed by atoms with E-state index in [1.807, 2.05) is 32.8 Å².